The first-order valence-corrected chi connectivity index (χ1v) is 8.07. The highest BCUT2D eigenvalue weighted by Crippen LogP contribution is 2.33. The summed E-state index contributed by atoms with van der Waals surface area (Å²) in [6, 6.07) is 18.6. The first-order chi connectivity index (χ1) is 10.8. The molecule has 3 nitrogen and oxygen atoms in total. The second-order valence-electron chi connectivity index (χ2n) is 4.40. The lowest BCUT2D eigenvalue weighted by molar-refractivity contribution is 0.710. The number of nitrogen functional groups attached to an aromatic ring is 1. The molecule has 0 aromatic heterocycles. The highest BCUT2D eigenvalue weighted by atomic mass is 15.5. The molecule has 3 rings (SSSR count). The summed E-state index contributed by atoms with van der Waals surface area (Å²) in [7, 11) is 0. The van der Waals surface area contributed by atoms with Crippen molar-refractivity contribution in [1.82, 2.24) is 0 Å². The van der Waals surface area contributed by atoms with E-state index in [1.165, 1.54) is 5.56 Å². The van der Waals surface area contributed by atoms with Crippen molar-refractivity contribution in [3.8, 4) is 0 Å². The standard InChI is InChI=1S/C15H15N3.2C2H6/c16-13-6-8-14(9-7-13)18-15(10-11-17-18)12-4-2-1-3-5-12;2*1-2/h1-9,11,15H,10,16H2;2*1-2H3. The van der Waals surface area contributed by atoms with E-state index in [1.807, 2.05) is 64.2 Å². The van der Waals surface area contributed by atoms with Crippen LogP contribution in [-0.2, 0) is 0 Å². The smallest absolute Gasteiger partial charge is 0.0825 e. The van der Waals surface area contributed by atoms with Gasteiger partial charge in [0.1, 0.15) is 0 Å². The third kappa shape index (κ3) is 4.35. The summed E-state index contributed by atoms with van der Waals surface area (Å²) < 4.78 is 0. The molecule has 2 aromatic rings. The monoisotopic (exact) mass is 297 g/mol. The molecule has 0 fully saturated rings. The zero-order chi connectivity index (χ0) is 16.4. The van der Waals surface area contributed by atoms with Gasteiger partial charge in [-0.25, -0.2) is 0 Å². The number of nitrogens with two attached hydrogens (primary N) is 1. The van der Waals surface area contributed by atoms with Gasteiger partial charge in [0.2, 0.25) is 0 Å². The van der Waals surface area contributed by atoms with Gasteiger partial charge in [-0.1, -0.05) is 58.0 Å². The number of hydrogen-bond donors (Lipinski definition) is 1. The highest BCUT2D eigenvalue weighted by molar-refractivity contribution is 5.68. The van der Waals surface area contributed by atoms with Crippen LogP contribution < -0.4 is 10.7 Å². The van der Waals surface area contributed by atoms with Gasteiger partial charge in [-0.15, -0.1) is 0 Å². The molecule has 1 atom stereocenters. The Morgan fingerprint density at radius 3 is 2.09 bits per heavy atom. The Morgan fingerprint density at radius 1 is 0.909 bits per heavy atom. The van der Waals surface area contributed by atoms with Crippen molar-refractivity contribution in [2.24, 2.45) is 5.10 Å². The molecule has 0 bridgehead atoms. The average molecular weight is 297 g/mol. The Morgan fingerprint density at radius 2 is 1.50 bits per heavy atom. The molecule has 118 valence electrons. The maximum Gasteiger partial charge on any atom is 0.0825 e. The summed E-state index contributed by atoms with van der Waals surface area (Å²) in [6.07, 6.45) is 2.91. The van der Waals surface area contributed by atoms with Crippen LogP contribution in [0.25, 0.3) is 0 Å². The molecule has 1 unspecified atom stereocenters. The first kappa shape index (κ1) is 17.8. The van der Waals surface area contributed by atoms with Gasteiger partial charge in [0.25, 0.3) is 0 Å². The Kier molecular flexibility index (Phi) is 7.76. The van der Waals surface area contributed by atoms with Gasteiger partial charge in [0.15, 0.2) is 0 Å². The van der Waals surface area contributed by atoms with E-state index in [4.69, 9.17) is 5.73 Å². The second-order valence-corrected chi connectivity index (χ2v) is 4.40. The zero-order valence-corrected chi connectivity index (χ0v) is 14.0. The minimum atomic E-state index is 0.287. The van der Waals surface area contributed by atoms with E-state index < -0.39 is 0 Å². The van der Waals surface area contributed by atoms with Crippen LogP contribution in [0.2, 0.25) is 0 Å². The Bertz CT molecular complexity index is 547. The lowest BCUT2D eigenvalue weighted by Crippen LogP contribution is -2.18. The van der Waals surface area contributed by atoms with Crippen molar-refractivity contribution in [2.75, 3.05) is 10.7 Å². The van der Waals surface area contributed by atoms with Gasteiger partial charge in [-0.3, -0.25) is 5.01 Å². The Labute approximate surface area is 134 Å². The van der Waals surface area contributed by atoms with E-state index in [2.05, 4.69) is 34.4 Å². The van der Waals surface area contributed by atoms with E-state index in [9.17, 15) is 0 Å². The van der Waals surface area contributed by atoms with Crippen LogP contribution >= 0.6 is 0 Å². The minimum absolute atomic E-state index is 0.287. The fraction of sp³-hybridized carbons (Fsp3) is 0.316. The zero-order valence-electron chi connectivity index (χ0n) is 14.0. The molecule has 0 amide bonds. The highest BCUT2D eigenvalue weighted by Gasteiger charge is 2.23. The van der Waals surface area contributed by atoms with E-state index in [0.29, 0.717) is 0 Å². The lowest BCUT2D eigenvalue weighted by atomic mass is 10.0. The molecule has 2 N–H and O–H groups in total. The fourth-order valence-corrected chi connectivity index (χ4v) is 2.24. The van der Waals surface area contributed by atoms with E-state index in [1.54, 1.807) is 0 Å². The molecule has 1 aliphatic rings. The molecular formula is C19H27N3. The Balaban J connectivity index is 0.000000561. The maximum absolute atomic E-state index is 5.71. The molecule has 1 aliphatic heterocycles. The quantitative estimate of drug-likeness (QED) is 0.768. The molecular weight excluding hydrogens is 270 g/mol. The van der Waals surface area contributed by atoms with E-state index >= 15 is 0 Å². The van der Waals surface area contributed by atoms with Crippen LogP contribution in [0.5, 0.6) is 0 Å². The van der Waals surface area contributed by atoms with E-state index in [0.717, 1.165) is 17.8 Å². The van der Waals surface area contributed by atoms with Crippen molar-refractivity contribution in [3.05, 3.63) is 60.2 Å². The molecule has 22 heavy (non-hydrogen) atoms. The number of nitrogens with zero attached hydrogens (tertiary/aromatic N) is 2. The molecule has 0 saturated carbocycles. The molecule has 3 heteroatoms. The van der Waals surface area contributed by atoms with Crippen molar-refractivity contribution >= 4 is 17.6 Å². The molecule has 1 heterocycles. The first-order valence-electron chi connectivity index (χ1n) is 8.07. The summed E-state index contributed by atoms with van der Waals surface area (Å²) >= 11 is 0. The number of hydrazone groups is 1. The third-order valence-corrected chi connectivity index (χ3v) is 3.17. The normalized spacial score (nSPS) is 15.5. The average Bonchev–Trinajstić information content (AvgIpc) is 3.10. The van der Waals surface area contributed by atoms with Crippen molar-refractivity contribution in [3.63, 3.8) is 0 Å². The summed E-state index contributed by atoms with van der Waals surface area (Å²) in [5.74, 6) is 0. The van der Waals surface area contributed by atoms with E-state index in [-0.39, 0.29) is 6.04 Å². The predicted molar refractivity (Wildman–Crippen MR) is 98.3 cm³/mol. The largest absolute Gasteiger partial charge is 0.399 e. The summed E-state index contributed by atoms with van der Waals surface area (Å²) in [5, 5.41) is 6.51. The number of hydrogen-bond acceptors (Lipinski definition) is 3. The fourth-order valence-electron chi connectivity index (χ4n) is 2.24. The number of rotatable bonds is 2. The van der Waals surface area contributed by atoms with Gasteiger partial charge >= 0.3 is 0 Å². The number of anilines is 2. The van der Waals surface area contributed by atoms with Crippen molar-refractivity contribution in [1.29, 1.82) is 0 Å². The lowest BCUT2D eigenvalue weighted by Gasteiger charge is -2.24. The molecule has 0 radical (unpaired) electrons. The van der Waals surface area contributed by atoms with Crippen LogP contribution in [0.15, 0.2) is 59.7 Å². The van der Waals surface area contributed by atoms with Gasteiger partial charge < -0.3 is 5.73 Å². The second kappa shape index (κ2) is 9.61. The SMILES string of the molecule is CC.CC.Nc1ccc(N2N=CCC2c2ccccc2)cc1. The topological polar surface area (TPSA) is 41.6 Å². The van der Waals surface area contributed by atoms with Crippen LogP contribution in [0, 0.1) is 0 Å². The van der Waals surface area contributed by atoms with Gasteiger partial charge in [0.05, 0.1) is 11.7 Å². The summed E-state index contributed by atoms with van der Waals surface area (Å²) in [5.41, 5.74) is 8.85. The Hall–Kier alpha value is -2.29. The maximum atomic E-state index is 5.71. The number of benzene rings is 2. The van der Waals surface area contributed by atoms with Crippen molar-refractivity contribution in [2.45, 2.75) is 40.2 Å². The molecule has 2 aromatic carbocycles. The minimum Gasteiger partial charge on any atom is -0.399 e. The van der Waals surface area contributed by atoms with Crippen molar-refractivity contribution < 1.29 is 0 Å². The molecule has 0 saturated heterocycles. The van der Waals surface area contributed by atoms with Crippen LogP contribution in [0.4, 0.5) is 11.4 Å². The third-order valence-electron chi connectivity index (χ3n) is 3.17. The van der Waals surface area contributed by atoms with Gasteiger partial charge in [-0.2, -0.15) is 5.10 Å². The summed E-state index contributed by atoms with van der Waals surface area (Å²) in [6.45, 7) is 8.00. The van der Waals surface area contributed by atoms with Crippen LogP contribution in [-0.4, -0.2) is 6.21 Å². The van der Waals surface area contributed by atoms with Crippen LogP contribution in [0.3, 0.4) is 0 Å². The summed E-state index contributed by atoms with van der Waals surface area (Å²) in [4.78, 5) is 0. The van der Waals surface area contributed by atoms with Gasteiger partial charge in [-0.05, 0) is 29.8 Å². The molecule has 0 aliphatic carbocycles. The predicted octanol–water partition coefficient (Wildman–Crippen LogP) is 5.26. The molecule has 0 spiro atoms. The van der Waals surface area contributed by atoms with Gasteiger partial charge in [0, 0.05) is 18.3 Å². The van der Waals surface area contributed by atoms with Crippen LogP contribution in [0.1, 0.15) is 45.7 Å².